The van der Waals surface area contributed by atoms with Crippen molar-refractivity contribution in [3.63, 3.8) is 0 Å². The Morgan fingerprint density at radius 3 is 2.44 bits per heavy atom. The van der Waals surface area contributed by atoms with Gasteiger partial charge < -0.3 is 9.15 Å². The first kappa shape index (κ1) is 18.2. The number of aryl methyl sites for hydroxylation is 2. The zero-order valence-electron chi connectivity index (χ0n) is 14.9. The number of fused-ring (bicyclic) bond motifs is 1. The summed E-state index contributed by atoms with van der Waals surface area (Å²) in [6, 6.07) is 13.9. The molecule has 1 aromatic heterocycles. The van der Waals surface area contributed by atoms with E-state index in [-0.39, 0.29) is 12.2 Å². The molecule has 0 unspecified atom stereocenters. The van der Waals surface area contributed by atoms with Gasteiger partial charge in [0.25, 0.3) is 11.8 Å². The molecule has 3 aromatic rings. The van der Waals surface area contributed by atoms with Crippen molar-refractivity contribution in [3.8, 4) is 5.75 Å². The van der Waals surface area contributed by atoms with E-state index >= 15 is 0 Å². The molecule has 0 atom stereocenters. The van der Waals surface area contributed by atoms with E-state index in [2.05, 4.69) is 10.9 Å². The number of rotatable bonds is 4. The number of carbonyl (C=O) groups excluding carboxylic acids is 2. The quantitative estimate of drug-likeness (QED) is 0.545. The lowest BCUT2D eigenvalue weighted by Gasteiger charge is -2.12. The number of amides is 2. The molecule has 7 heteroatoms. The molecule has 1 heterocycles. The monoisotopic (exact) mass is 366 g/mol. The Bertz CT molecular complexity index is 1050. The number of benzene rings is 2. The van der Waals surface area contributed by atoms with E-state index in [0.29, 0.717) is 16.7 Å². The minimum absolute atomic E-state index is 0.204. The minimum Gasteiger partial charge on any atom is -0.483 e. The molecule has 0 fully saturated rings. The highest BCUT2D eigenvalue weighted by Crippen LogP contribution is 2.21. The van der Waals surface area contributed by atoms with Gasteiger partial charge >= 0.3 is 5.63 Å². The third-order valence-electron chi connectivity index (χ3n) is 3.96. The fraction of sp³-hybridized carbons (Fsp3) is 0.150. The van der Waals surface area contributed by atoms with Gasteiger partial charge in [-0.25, -0.2) is 4.79 Å². The summed E-state index contributed by atoms with van der Waals surface area (Å²) in [5, 5.41) is 0.604. The van der Waals surface area contributed by atoms with Crippen LogP contribution in [0.3, 0.4) is 0 Å². The summed E-state index contributed by atoms with van der Waals surface area (Å²) < 4.78 is 10.6. The van der Waals surface area contributed by atoms with Crippen LogP contribution in [0, 0.1) is 13.8 Å². The number of hydrazine groups is 1. The number of ether oxygens (including phenoxy) is 1. The molecule has 3 rings (SSSR count). The van der Waals surface area contributed by atoms with Crippen LogP contribution in [-0.2, 0) is 4.79 Å². The highest BCUT2D eigenvalue weighted by Gasteiger charge is 2.15. The van der Waals surface area contributed by atoms with Gasteiger partial charge in [-0.3, -0.25) is 20.4 Å². The summed E-state index contributed by atoms with van der Waals surface area (Å²) >= 11 is 0. The molecule has 138 valence electrons. The van der Waals surface area contributed by atoms with Crippen LogP contribution in [-0.4, -0.2) is 18.4 Å². The van der Waals surface area contributed by atoms with Gasteiger partial charge in [0.05, 0.1) is 0 Å². The Morgan fingerprint density at radius 2 is 1.70 bits per heavy atom. The Balaban J connectivity index is 1.61. The van der Waals surface area contributed by atoms with Crippen LogP contribution in [0.2, 0.25) is 0 Å². The topological polar surface area (TPSA) is 97.6 Å². The predicted octanol–water partition coefficient (Wildman–Crippen LogP) is 2.25. The fourth-order valence-electron chi connectivity index (χ4n) is 2.61. The second kappa shape index (κ2) is 7.74. The molecule has 0 radical (unpaired) electrons. The Morgan fingerprint density at radius 1 is 1.00 bits per heavy atom. The lowest BCUT2D eigenvalue weighted by atomic mass is 10.1. The lowest BCUT2D eigenvalue weighted by molar-refractivity contribution is -0.123. The summed E-state index contributed by atoms with van der Waals surface area (Å²) in [5.74, 6) is -0.708. The van der Waals surface area contributed by atoms with Crippen LogP contribution in [0.4, 0.5) is 0 Å². The van der Waals surface area contributed by atoms with Crippen LogP contribution in [0.1, 0.15) is 21.5 Å². The number of hydrogen-bond donors (Lipinski definition) is 2. The van der Waals surface area contributed by atoms with E-state index in [1.165, 1.54) is 6.07 Å². The van der Waals surface area contributed by atoms with E-state index in [1.54, 1.807) is 24.3 Å². The maximum absolute atomic E-state index is 12.2. The Kier molecular flexibility index (Phi) is 5.21. The first-order valence-electron chi connectivity index (χ1n) is 8.27. The van der Waals surface area contributed by atoms with Crippen LogP contribution in [0.15, 0.2) is 57.7 Å². The molecule has 7 nitrogen and oxygen atoms in total. The molecule has 0 bridgehead atoms. The summed E-state index contributed by atoms with van der Waals surface area (Å²) in [6.45, 7) is 3.47. The Labute approximate surface area is 154 Å². The molecule has 27 heavy (non-hydrogen) atoms. The second-order valence-electron chi connectivity index (χ2n) is 6.00. The number of nitrogens with one attached hydrogen (secondary N) is 2. The molecular weight excluding hydrogens is 348 g/mol. The average molecular weight is 366 g/mol. The molecule has 0 aliphatic rings. The van der Waals surface area contributed by atoms with E-state index in [9.17, 15) is 14.4 Å². The summed E-state index contributed by atoms with van der Waals surface area (Å²) in [4.78, 5) is 36.0. The summed E-state index contributed by atoms with van der Waals surface area (Å²) in [6.07, 6.45) is 0. The van der Waals surface area contributed by atoms with E-state index in [4.69, 9.17) is 9.15 Å². The largest absolute Gasteiger partial charge is 0.483 e. The van der Waals surface area contributed by atoms with E-state index in [1.807, 2.05) is 32.0 Å². The van der Waals surface area contributed by atoms with Gasteiger partial charge in [0.1, 0.15) is 16.9 Å². The highest BCUT2D eigenvalue weighted by molar-refractivity contribution is 5.97. The van der Waals surface area contributed by atoms with Crippen molar-refractivity contribution in [2.45, 2.75) is 13.8 Å². The molecule has 2 N–H and O–H groups in total. The van der Waals surface area contributed by atoms with E-state index in [0.717, 1.165) is 11.1 Å². The fourth-order valence-corrected chi connectivity index (χ4v) is 2.61. The smallest absolute Gasteiger partial charge is 0.349 e. The number of para-hydroxylation sites is 2. The van der Waals surface area contributed by atoms with Crippen molar-refractivity contribution in [2.24, 2.45) is 0 Å². The van der Waals surface area contributed by atoms with Gasteiger partial charge in [0.15, 0.2) is 6.61 Å². The van der Waals surface area contributed by atoms with Gasteiger partial charge in [0.2, 0.25) is 0 Å². The van der Waals surface area contributed by atoms with Gasteiger partial charge in [0, 0.05) is 5.39 Å². The Hall–Kier alpha value is -3.61. The third-order valence-corrected chi connectivity index (χ3v) is 3.96. The lowest BCUT2D eigenvalue weighted by Crippen LogP contribution is -2.45. The van der Waals surface area contributed by atoms with E-state index < -0.39 is 17.4 Å². The first-order chi connectivity index (χ1) is 13.0. The summed E-state index contributed by atoms with van der Waals surface area (Å²) in [5.41, 5.74) is 5.61. The molecule has 0 aliphatic heterocycles. The van der Waals surface area contributed by atoms with Gasteiger partial charge in [-0.1, -0.05) is 36.4 Å². The second-order valence-corrected chi connectivity index (χ2v) is 6.00. The molecule has 2 amide bonds. The maximum atomic E-state index is 12.2. The normalized spacial score (nSPS) is 10.4. The molecule has 2 aromatic carbocycles. The highest BCUT2D eigenvalue weighted by atomic mass is 16.5. The summed E-state index contributed by atoms with van der Waals surface area (Å²) in [7, 11) is 0. The standard InChI is InChI=1S/C20H18N2O5/c1-12-6-5-7-13(2)18(12)26-11-17(23)21-22-19(24)15-10-14-8-3-4-9-16(14)27-20(15)25/h3-10H,11H2,1-2H3,(H,21,23)(H,22,24). The number of hydrogen-bond acceptors (Lipinski definition) is 5. The third kappa shape index (κ3) is 4.14. The maximum Gasteiger partial charge on any atom is 0.349 e. The van der Waals surface area contributed by atoms with Crippen LogP contribution in [0.5, 0.6) is 5.75 Å². The van der Waals surface area contributed by atoms with Crippen molar-refractivity contribution in [3.05, 3.63) is 75.6 Å². The zero-order valence-corrected chi connectivity index (χ0v) is 14.9. The average Bonchev–Trinajstić information content (AvgIpc) is 2.65. The van der Waals surface area contributed by atoms with Crippen molar-refractivity contribution < 1.29 is 18.7 Å². The molecular formula is C20H18N2O5. The molecule has 0 spiro atoms. The van der Waals surface area contributed by atoms with Crippen molar-refractivity contribution >= 4 is 22.8 Å². The predicted molar refractivity (Wildman–Crippen MR) is 99.5 cm³/mol. The van der Waals surface area contributed by atoms with Crippen LogP contribution in [0.25, 0.3) is 11.0 Å². The molecule has 0 saturated carbocycles. The molecule has 0 aliphatic carbocycles. The van der Waals surface area contributed by atoms with Gasteiger partial charge in [-0.2, -0.15) is 0 Å². The minimum atomic E-state index is -0.785. The SMILES string of the molecule is Cc1cccc(C)c1OCC(=O)NNC(=O)c1cc2ccccc2oc1=O. The number of carbonyl (C=O) groups is 2. The van der Waals surface area contributed by atoms with Crippen molar-refractivity contribution in [1.82, 2.24) is 10.9 Å². The van der Waals surface area contributed by atoms with Crippen molar-refractivity contribution in [1.29, 1.82) is 0 Å². The zero-order chi connectivity index (χ0) is 19.4. The first-order valence-corrected chi connectivity index (χ1v) is 8.27. The van der Waals surface area contributed by atoms with Gasteiger partial charge in [-0.15, -0.1) is 0 Å². The molecule has 0 saturated heterocycles. The van der Waals surface area contributed by atoms with Crippen LogP contribution < -0.4 is 21.2 Å². The van der Waals surface area contributed by atoms with Crippen molar-refractivity contribution in [2.75, 3.05) is 6.61 Å². The van der Waals surface area contributed by atoms with Crippen LogP contribution >= 0.6 is 0 Å². The van der Waals surface area contributed by atoms with Gasteiger partial charge in [-0.05, 0) is 37.1 Å².